The number of benzene rings is 2. The molecule has 0 spiro atoms. The van der Waals surface area contributed by atoms with E-state index in [1.807, 2.05) is 0 Å². The van der Waals surface area contributed by atoms with E-state index in [9.17, 15) is 13.0 Å². The minimum Gasteiger partial charge on any atom is -0.382 e. The van der Waals surface area contributed by atoms with E-state index in [1.165, 1.54) is 30.5 Å². The summed E-state index contributed by atoms with van der Waals surface area (Å²) in [5, 5.41) is 6.71. The summed E-state index contributed by atoms with van der Waals surface area (Å²) in [5.74, 6) is -0.758. The summed E-state index contributed by atoms with van der Waals surface area (Å²) in [4.78, 5) is 8.74. The number of halogens is 2. The Hall–Kier alpha value is -3.50. The lowest BCUT2D eigenvalue weighted by atomic mass is 10.1. The Balaban J connectivity index is 1.67. The second-order valence-corrected chi connectivity index (χ2v) is 9.88. The summed E-state index contributed by atoms with van der Waals surface area (Å²) in [6, 6.07) is 10.7. The lowest BCUT2D eigenvalue weighted by Crippen LogP contribution is -2.07. The molecule has 176 valence electrons. The molecule has 10 heteroatoms. The molecule has 0 bridgehead atoms. The first kappa shape index (κ1) is 23.7. The smallest absolute Gasteiger partial charge is 0.189 e. The highest BCUT2D eigenvalue weighted by Crippen LogP contribution is 2.31. The standard InChI is InChI=1S/C24H23F2N5O2S/c1-13(2)34(32)22-7-5-15(9-18(22)26)20-12-29-24(27)23(30-20)21-10-19(31-33-21)16-6-4-14(11-28-3)8-17(16)25/h4-10,12-13,28H,11H2,1-3H3,(H2,27,29). The maximum absolute atomic E-state index is 14.6. The van der Waals surface area contributed by atoms with Crippen LogP contribution in [-0.2, 0) is 17.3 Å². The molecule has 34 heavy (non-hydrogen) atoms. The van der Waals surface area contributed by atoms with Gasteiger partial charge in [-0.15, -0.1) is 0 Å². The third-order valence-corrected chi connectivity index (χ3v) is 6.73. The number of nitrogens with one attached hydrogen (secondary N) is 1. The van der Waals surface area contributed by atoms with Gasteiger partial charge >= 0.3 is 0 Å². The molecule has 0 amide bonds. The van der Waals surface area contributed by atoms with Crippen LogP contribution >= 0.6 is 0 Å². The van der Waals surface area contributed by atoms with Crippen LogP contribution in [0.2, 0.25) is 0 Å². The van der Waals surface area contributed by atoms with Gasteiger partial charge in [-0.2, -0.15) is 0 Å². The van der Waals surface area contributed by atoms with Gasteiger partial charge in [-0.05, 0) is 36.9 Å². The molecule has 0 aliphatic rings. The molecule has 2 heterocycles. The maximum Gasteiger partial charge on any atom is 0.189 e. The van der Waals surface area contributed by atoms with E-state index in [2.05, 4.69) is 20.4 Å². The molecule has 7 nitrogen and oxygen atoms in total. The average molecular weight is 484 g/mol. The van der Waals surface area contributed by atoms with Crippen molar-refractivity contribution < 1.29 is 17.5 Å². The number of nitrogen functional groups attached to an aromatic ring is 1. The number of aromatic nitrogens is 3. The number of anilines is 1. The van der Waals surface area contributed by atoms with Gasteiger partial charge in [-0.25, -0.2) is 18.7 Å². The van der Waals surface area contributed by atoms with E-state index in [0.717, 1.165) is 5.56 Å². The fraction of sp³-hybridized carbons (Fsp3) is 0.208. The summed E-state index contributed by atoms with van der Waals surface area (Å²) in [7, 11) is 0.324. The van der Waals surface area contributed by atoms with Gasteiger partial charge < -0.3 is 15.6 Å². The molecule has 0 aliphatic heterocycles. The molecule has 4 aromatic rings. The molecule has 0 fully saturated rings. The Labute approximate surface area is 197 Å². The van der Waals surface area contributed by atoms with E-state index in [1.54, 1.807) is 39.1 Å². The molecule has 2 aromatic carbocycles. The summed E-state index contributed by atoms with van der Waals surface area (Å²) in [6.07, 6.45) is 1.41. The zero-order chi connectivity index (χ0) is 24.4. The average Bonchev–Trinajstić information content (AvgIpc) is 3.29. The van der Waals surface area contributed by atoms with Gasteiger partial charge in [-0.1, -0.05) is 31.1 Å². The summed E-state index contributed by atoms with van der Waals surface area (Å²) < 4.78 is 46.9. The molecule has 2 aromatic heterocycles. The van der Waals surface area contributed by atoms with Crippen LogP contribution in [0.15, 0.2) is 58.1 Å². The maximum atomic E-state index is 14.6. The van der Waals surface area contributed by atoms with Gasteiger partial charge in [0, 0.05) is 29.0 Å². The minimum atomic E-state index is -1.46. The monoisotopic (exact) mass is 483 g/mol. The number of rotatable bonds is 7. The first-order valence-electron chi connectivity index (χ1n) is 10.5. The Bertz CT molecular complexity index is 1370. The van der Waals surface area contributed by atoms with Gasteiger partial charge in [0.05, 0.1) is 27.6 Å². The molecular formula is C24H23F2N5O2S. The van der Waals surface area contributed by atoms with Gasteiger partial charge in [0.25, 0.3) is 0 Å². The molecule has 0 radical (unpaired) electrons. The second kappa shape index (κ2) is 9.78. The van der Waals surface area contributed by atoms with Crippen LogP contribution < -0.4 is 11.1 Å². The normalized spacial score (nSPS) is 12.3. The van der Waals surface area contributed by atoms with Crippen molar-refractivity contribution >= 4 is 16.6 Å². The van der Waals surface area contributed by atoms with Gasteiger partial charge in [0.1, 0.15) is 17.3 Å². The summed E-state index contributed by atoms with van der Waals surface area (Å²) >= 11 is 0. The van der Waals surface area contributed by atoms with Crippen molar-refractivity contribution in [3.05, 3.63) is 65.9 Å². The number of nitrogens with zero attached hydrogens (tertiary/aromatic N) is 3. The molecule has 0 aliphatic carbocycles. The van der Waals surface area contributed by atoms with Crippen molar-refractivity contribution in [3.8, 4) is 34.0 Å². The third kappa shape index (κ3) is 4.73. The Morgan fingerprint density at radius 2 is 1.88 bits per heavy atom. The number of hydrogen-bond acceptors (Lipinski definition) is 7. The van der Waals surface area contributed by atoms with Crippen LogP contribution in [0.25, 0.3) is 34.0 Å². The molecule has 1 atom stereocenters. The molecule has 0 saturated carbocycles. The third-order valence-electron chi connectivity index (χ3n) is 5.11. The first-order chi connectivity index (χ1) is 16.3. The van der Waals surface area contributed by atoms with Crippen LogP contribution in [0.5, 0.6) is 0 Å². The van der Waals surface area contributed by atoms with Crippen molar-refractivity contribution in [1.29, 1.82) is 0 Å². The largest absolute Gasteiger partial charge is 0.382 e. The van der Waals surface area contributed by atoms with E-state index < -0.39 is 22.4 Å². The zero-order valence-corrected chi connectivity index (χ0v) is 19.6. The van der Waals surface area contributed by atoms with Gasteiger partial charge in [-0.3, -0.25) is 4.21 Å². The van der Waals surface area contributed by atoms with Crippen molar-refractivity contribution in [2.24, 2.45) is 0 Å². The van der Waals surface area contributed by atoms with Crippen molar-refractivity contribution in [1.82, 2.24) is 20.4 Å². The van der Waals surface area contributed by atoms with E-state index >= 15 is 0 Å². The fourth-order valence-corrected chi connectivity index (χ4v) is 4.35. The Kier molecular flexibility index (Phi) is 6.80. The lowest BCUT2D eigenvalue weighted by molar-refractivity contribution is 0.433. The van der Waals surface area contributed by atoms with Crippen LogP contribution in [0.3, 0.4) is 0 Å². The number of hydrogen-bond donors (Lipinski definition) is 2. The lowest BCUT2D eigenvalue weighted by Gasteiger charge is -2.09. The van der Waals surface area contributed by atoms with E-state index in [4.69, 9.17) is 10.3 Å². The number of nitrogens with two attached hydrogens (primary N) is 1. The minimum absolute atomic E-state index is 0.0780. The SMILES string of the molecule is CNCc1ccc(-c2cc(-c3nc(-c4ccc(S(=O)C(C)C)c(F)c4)cnc3N)on2)c(F)c1. The van der Waals surface area contributed by atoms with Crippen molar-refractivity contribution in [2.75, 3.05) is 12.8 Å². The van der Waals surface area contributed by atoms with Crippen molar-refractivity contribution in [3.63, 3.8) is 0 Å². The Morgan fingerprint density at radius 3 is 2.56 bits per heavy atom. The molecule has 4 rings (SSSR count). The molecule has 0 saturated heterocycles. The van der Waals surface area contributed by atoms with Crippen LogP contribution in [-0.4, -0.2) is 31.6 Å². The van der Waals surface area contributed by atoms with Crippen LogP contribution in [0, 0.1) is 11.6 Å². The van der Waals surface area contributed by atoms with Crippen LogP contribution in [0.4, 0.5) is 14.6 Å². The highest BCUT2D eigenvalue weighted by Gasteiger charge is 2.19. The second-order valence-electron chi connectivity index (χ2n) is 7.90. The van der Waals surface area contributed by atoms with E-state index in [-0.39, 0.29) is 38.7 Å². The van der Waals surface area contributed by atoms with Crippen molar-refractivity contribution in [2.45, 2.75) is 30.5 Å². The molecule has 1 unspecified atom stereocenters. The van der Waals surface area contributed by atoms with Gasteiger partial charge in [0.15, 0.2) is 17.3 Å². The summed E-state index contributed by atoms with van der Waals surface area (Å²) in [5.41, 5.74) is 8.31. The van der Waals surface area contributed by atoms with Crippen LogP contribution in [0.1, 0.15) is 19.4 Å². The predicted molar refractivity (Wildman–Crippen MR) is 127 cm³/mol. The highest BCUT2D eigenvalue weighted by atomic mass is 32.2. The van der Waals surface area contributed by atoms with E-state index in [0.29, 0.717) is 17.8 Å². The fourth-order valence-electron chi connectivity index (χ4n) is 3.39. The summed E-state index contributed by atoms with van der Waals surface area (Å²) in [6.45, 7) is 4.06. The van der Waals surface area contributed by atoms with Gasteiger partial charge in [0.2, 0.25) is 0 Å². The zero-order valence-electron chi connectivity index (χ0n) is 18.8. The highest BCUT2D eigenvalue weighted by molar-refractivity contribution is 7.85. The first-order valence-corrected chi connectivity index (χ1v) is 11.7. The predicted octanol–water partition coefficient (Wildman–Crippen LogP) is 4.56. The topological polar surface area (TPSA) is 107 Å². The Morgan fingerprint density at radius 1 is 1.09 bits per heavy atom. The molecular weight excluding hydrogens is 460 g/mol. The molecule has 3 N–H and O–H groups in total. The quantitative estimate of drug-likeness (QED) is 0.397.